The average Bonchev–Trinajstić information content (AvgIpc) is 3.13. The Balaban J connectivity index is 1.15. The molecule has 20 heteroatoms. The molecule has 15 N–H and O–H groups in total. The van der Waals surface area contributed by atoms with Crippen LogP contribution in [0.3, 0.4) is 0 Å². The number of carbonyl (C=O) groups is 3. The Morgan fingerprint density at radius 3 is 1.98 bits per heavy atom. The van der Waals surface area contributed by atoms with Crippen molar-refractivity contribution in [1.29, 1.82) is 0 Å². The van der Waals surface area contributed by atoms with E-state index < -0.39 is 34.6 Å². The highest BCUT2D eigenvalue weighted by molar-refractivity contribution is 5.97. The van der Waals surface area contributed by atoms with Crippen LogP contribution in [0.5, 0.6) is 0 Å². The molecule has 2 amide bonds. The number of aromatic amines is 1. The Bertz CT molecular complexity index is 1710. The number of nitrogen functional groups attached to an aromatic ring is 1. The molecule has 1 aromatic carbocycles. The van der Waals surface area contributed by atoms with Crippen molar-refractivity contribution in [3.8, 4) is 0 Å². The van der Waals surface area contributed by atoms with Gasteiger partial charge in [0, 0.05) is 96.2 Å². The molecule has 0 radical (unpaired) electrons. The van der Waals surface area contributed by atoms with Gasteiger partial charge in [0.25, 0.3) is 11.5 Å². The molecule has 3 aromatic rings. The van der Waals surface area contributed by atoms with Crippen LogP contribution in [0.4, 0.5) is 11.6 Å². The van der Waals surface area contributed by atoms with Crippen molar-refractivity contribution in [3.05, 3.63) is 52.1 Å². The van der Waals surface area contributed by atoms with Gasteiger partial charge < -0.3 is 64.4 Å². The fourth-order valence-electron chi connectivity index (χ4n) is 6.15. The normalized spacial score (nSPS) is 22.6. The Hall–Kier alpha value is -4.83. The second kappa shape index (κ2) is 18.8. The maximum absolute atomic E-state index is 13.4. The molecule has 0 aliphatic carbocycles. The lowest BCUT2D eigenvalue weighted by Crippen LogP contribution is -2.67. The highest BCUT2D eigenvalue weighted by Gasteiger charge is 2.33. The average molecular weight is 738 g/mol. The minimum absolute atomic E-state index is 0.0496. The van der Waals surface area contributed by atoms with Crippen molar-refractivity contribution < 1.29 is 19.5 Å². The van der Waals surface area contributed by atoms with Gasteiger partial charge in [-0.2, -0.15) is 4.98 Å². The minimum atomic E-state index is -1.29. The molecule has 2 bridgehead atoms. The molecule has 20 nitrogen and oxygen atoms in total. The summed E-state index contributed by atoms with van der Waals surface area (Å²) >= 11 is 0. The first-order valence-corrected chi connectivity index (χ1v) is 17.8. The van der Waals surface area contributed by atoms with Crippen LogP contribution in [0, 0.1) is 0 Å². The number of aromatic nitrogens is 4. The van der Waals surface area contributed by atoms with E-state index in [1.54, 1.807) is 24.3 Å². The number of carboxylic acid groups (broad SMARTS) is 1. The van der Waals surface area contributed by atoms with E-state index in [-0.39, 0.29) is 48.0 Å². The number of aliphatic carboxylic acids is 1. The number of carbonyl (C=O) groups excluding carboxylic acids is 2. The molecule has 53 heavy (non-hydrogen) atoms. The summed E-state index contributed by atoms with van der Waals surface area (Å²) in [5.41, 5.74) is 12.2. The number of hydrogen-bond acceptors (Lipinski definition) is 16. The van der Waals surface area contributed by atoms with E-state index in [1.165, 1.54) is 6.20 Å². The Morgan fingerprint density at radius 2 is 1.42 bits per heavy atom. The summed E-state index contributed by atoms with van der Waals surface area (Å²) in [5, 5.41) is 39.5. The van der Waals surface area contributed by atoms with Gasteiger partial charge in [-0.1, -0.05) is 0 Å². The van der Waals surface area contributed by atoms with Gasteiger partial charge in [0.2, 0.25) is 11.9 Å². The number of carboxylic acids is 1. The first kappa shape index (κ1) is 39.4. The monoisotopic (exact) mass is 737 g/mol. The fraction of sp³-hybridized carbons (Fsp3) is 0.545. The second-order valence-corrected chi connectivity index (χ2v) is 13.6. The molecule has 3 aliphatic heterocycles. The molecule has 6 rings (SSSR count). The van der Waals surface area contributed by atoms with Gasteiger partial charge in [-0.3, -0.25) is 19.4 Å². The summed E-state index contributed by atoms with van der Waals surface area (Å²) in [6.07, 6.45) is 1.26. The van der Waals surface area contributed by atoms with Crippen LogP contribution in [0.15, 0.2) is 35.3 Å². The first-order valence-electron chi connectivity index (χ1n) is 17.8. The number of nitrogens with one attached hydrogen (secondary N) is 10. The minimum Gasteiger partial charge on any atom is -0.480 e. The number of fused-ring (bicyclic) bond motifs is 16. The van der Waals surface area contributed by atoms with Crippen molar-refractivity contribution in [1.82, 2.24) is 62.5 Å². The smallest absolute Gasteiger partial charge is 0.326 e. The quantitative estimate of drug-likeness (QED) is 0.0943. The van der Waals surface area contributed by atoms with Crippen LogP contribution in [0.1, 0.15) is 28.9 Å². The lowest BCUT2D eigenvalue weighted by atomic mass is 9.97. The second-order valence-electron chi connectivity index (χ2n) is 13.6. The zero-order valence-electron chi connectivity index (χ0n) is 29.6. The lowest BCUT2D eigenvalue weighted by Gasteiger charge is -2.37. The molecule has 0 spiro atoms. The first-order chi connectivity index (χ1) is 25.5. The van der Waals surface area contributed by atoms with E-state index >= 15 is 0 Å². The van der Waals surface area contributed by atoms with E-state index in [1.807, 2.05) is 0 Å². The molecule has 1 atom stereocenters. The molecule has 0 saturated carbocycles. The number of nitrogens with two attached hydrogens (primary N) is 2. The molecule has 288 valence electrons. The summed E-state index contributed by atoms with van der Waals surface area (Å²) in [7, 11) is 0. The van der Waals surface area contributed by atoms with Gasteiger partial charge in [-0.25, -0.2) is 14.8 Å². The summed E-state index contributed by atoms with van der Waals surface area (Å²) in [6.45, 7) is 7.65. The van der Waals surface area contributed by atoms with Gasteiger partial charge in [0.05, 0.1) is 29.5 Å². The Labute approximate surface area is 306 Å². The molecular weight excluding hydrogens is 686 g/mol. The van der Waals surface area contributed by atoms with Gasteiger partial charge >= 0.3 is 5.97 Å². The summed E-state index contributed by atoms with van der Waals surface area (Å²) < 4.78 is 0. The number of benzene rings is 1. The van der Waals surface area contributed by atoms with E-state index in [4.69, 9.17) is 11.5 Å². The van der Waals surface area contributed by atoms with E-state index in [2.05, 4.69) is 67.8 Å². The standard InChI is InChI=1S/C33H51N15O5/c34-31-46-27-26(29(51)47-31)44-23(14-43-27)13-42-22-3-1-21(2-4-22)28(50)45-24(30(52)53)5-6-25(49)48-33-18-39-10-7-36-15-32(35,16-37-8-11-40-19-33)17-38-9-12-41-20-33/h1-4,14,24,36-42H,5-13,15-20,35H2,(H,45,50)(H,48,49)(H,52,53)(H3,34,43,46,47,51). The van der Waals surface area contributed by atoms with Crippen molar-refractivity contribution in [3.63, 3.8) is 0 Å². The lowest BCUT2D eigenvalue weighted by molar-refractivity contribution is -0.139. The maximum atomic E-state index is 13.4. The van der Waals surface area contributed by atoms with Gasteiger partial charge in [-0.05, 0) is 30.7 Å². The third-order valence-corrected chi connectivity index (χ3v) is 9.03. The summed E-state index contributed by atoms with van der Waals surface area (Å²) in [4.78, 5) is 65.5. The van der Waals surface area contributed by atoms with Crippen LogP contribution in [-0.4, -0.2) is 138 Å². The highest BCUT2D eigenvalue weighted by Crippen LogP contribution is 2.13. The predicted octanol–water partition coefficient (Wildman–Crippen LogP) is -4.01. The maximum Gasteiger partial charge on any atom is 0.326 e. The summed E-state index contributed by atoms with van der Waals surface area (Å²) in [6, 6.07) is 5.12. The number of rotatable bonds is 10. The Morgan fingerprint density at radius 1 is 0.849 bits per heavy atom. The van der Waals surface area contributed by atoms with Gasteiger partial charge in [0.15, 0.2) is 11.2 Å². The van der Waals surface area contributed by atoms with Crippen LogP contribution >= 0.6 is 0 Å². The van der Waals surface area contributed by atoms with Crippen LogP contribution < -0.4 is 64.9 Å². The molecular formula is C33H51N15O5. The third-order valence-electron chi connectivity index (χ3n) is 9.03. The van der Waals surface area contributed by atoms with Gasteiger partial charge in [-0.15, -0.1) is 0 Å². The zero-order valence-corrected chi connectivity index (χ0v) is 29.6. The van der Waals surface area contributed by atoms with Crippen molar-refractivity contribution in [2.75, 3.05) is 89.6 Å². The van der Waals surface area contributed by atoms with Crippen LogP contribution in [-0.2, 0) is 16.1 Å². The molecule has 1 unspecified atom stereocenters. The predicted molar refractivity (Wildman–Crippen MR) is 199 cm³/mol. The largest absolute Gasteiger partial charge is 0.480 e. The van der Waals surface area contributed by atoms with Crippen LogP contribution in [0.2, 0.25) is 0 Å². The molecule has 3 fully saturated rings. The molecule has 3 aliphatic rings. The van der Waals surface area contributed by atoms with E-state index in [0.29, 0.717) is 89.9 Å². The number of nitrogens with zero attached hydrogens (tertiary/aromatic N) is 3. The Kier molecular flexibility index (Phi) is 14.0. The van der Waals surface area contributed by atoms with Crippen molar-refractivity contribution >= 4 is 40.6 Å². The number of amides is 2. The number of H-pyrrole nitrogens is 1. The molecule has 3 saturated heterocycles. The zero-order chi connectivity index (χ0) is 37.7. The van der Waals surface area contributed by atoms with Crippen molar-refractivity contribution in [2.45, 2.75) is 36.5 Å². The number of hydrogen-bond donors (Lipinski definition) is 13. The number of anilines is 2. The third kappa shape index (κ3) is 11.8. The van der Waals surface area contributed by atoms with Gasteiger partial charge in [0.1, 0.15) is 6.04 Å². The SMILES string of the molecule is Nc1nc2ncc(CNc3ccc(C(=O)NC(CCC(=O)NC45CNCCNCC(N)(CNCCNC4)CNCCNC5)C(=O)O)cc3)nc2c(=O)[nH]1. The molecule has 5 heterocycles. The topological polar surface area (TPSA) is 303 Å². The fourth-order valence-corrected chi connectivity index (χ4v) is 6.15. The van der Waals surface area contributed by atoms with Crippen molar-refractivity contribution in [2.24, 2.45) is 5.73 Å². The highest BCUT2D eigenvalue weighted by atomic mass is 16.4. The summed E-state index contributed by atoms with van der Waals surface area (Å²) in [5.74, 6) is -2.21. The molecule has 2 aromatic heterocycles. The van der Waals surface area contributed by atoms with Crippen LogP contribution in [0.25, 0.3) is 11.2 Å². The van der Waals surface area contributed by atoms with E-state index in [0.717, 1.165) is 0 Å². The van der Waals surface area contributed by atoms with E-state index in [9.17, 15) is 24.3 Å².